The van der Waals surface area contributed by atoms with E-state index in [0.29, 0.717) is 21.8 Å². The number of carbonyl (C=O) groups is 3. The fourth-order valence-corrected chi connectivity index (χ4v) is 5.52. The van der Waals surface area contributed by atoms with E-state index in [4.69, 9.17) is 24.4 Å². The normalized spacial score (nSPS) is 19.6. The van der Waals surface area contributed by atoms with E-state index in [1.165, 1.54) is 16.7 Å². The number of nitrogens with zero attached hydrogens (tertiary/aromatic N) is 1. The minimum absolute atomic E-state index is 0.0480. The zero-order valence-corrected chi connectivity index (χ0v) is 19.1. The van der Waals surface area contributed by atoms with E-state index in [0.717, 1.165) is 5.56 Å². The molecule has 0 aromatic heterocycles. The summed E-state index contributed by atoms with van der Waals surface area (Å²) in [4.78, 5) is 39.4. The van der Waals surface area contributed by atoms with Crippen LogP contribution in [-0.4, -0.2) is 54.7 Å². The molecule has 0 saturated carbocycles. The van der Waals surface area contributed by atoms with Gasteiger partial charge in [0.25, 0.3) is 11.8 Å². The number of hydrogen-bond acceptors (Lipinski definition) is 6. The van der Waals surface area contributed by atoms with Gasteiger partial charge in [-0.25, -0.2) is 4.79 Å². The number of benzene rings is 2. The van der Waals surface area contributed by atoms with Crippen molar-refractivity contribution in [3.05, 3.63) is 83.1 Å². The first kappa shape index (κ1) is 22.3. The molecule has 9 heteroatoms. The van der Waals surface area contributed by atoms with Gasteiger partial charge in [0.05, 0.1) is 0 Å². The Kier molecular flexibility index (Phi) is 6.50. The Balaban J connectivity index is 1.50. The van der Waals surface area contributed by atoms with Gasteiger partial charge < -0.3 is 10.4 Å². The molecule has 162 valence electrons. The largest absolute Gasteiger partial charge is 0.477 e. The van der Waals surface area contributed by atoms with Crippen molar-refractivity contribution < 1.29 is 19.5 Å². The standard InChI is InChI=1S/C23H18N2O4S3/c26-20(19(31)14-9-5-2-6-10-14)24-17-21(27)25-18(23(28)29)15(12-32-22(17)25)11-16(30)13-7-3-1-4-8-13/h1-10,17,22H,11-12H2,(H,24,26)(H,28,29)/t17?,22-/m0/s1. The Morgan fingerprint density at radius 3 is 2.22 bits per heavy atom. The van der Waals surface area contributed by atoms with Crippen molar-refractivity contribution in [2.45, 2.75) is 17.8 Å². The molecule has 0 spiro atoms. The highest BCUT2D eigenvalue weighted by Crippen LogP contribution is 2.41. The van der Waals surface area contributed by atoms with Crippen molar-refractivity contribution in [2.75, 3.05) is 5.75 Å². The van der Waals surface area contributed by atoms with Gasteiger partial charge in [-0.05, 0) is 16.7 Å². The number of nitrogens with one attached hydrogen (secondary N) is 1. The molecule has 2 aliphatic rings. The van der Waals surface area contributed by atoms with E-state index in [9.17, 15) is 19.5 Å². The molecular weight excluding hydrogens is 464 g/mol. The van der Waals surface area contributed by atoms with Crippen molar-refractivity contribution in [3.63, 3.8) is 0 Å². The number of fused-ring (bicyclic) bond motifs is 1. The number of aliphatic carboxylic acids is 1. The molecule has 2 aromatic carbocycles. The van der Waals surface area contributed by atoms with Crippen LogP contribution in [0.2, 0.25) is 0 Å². The lowest BCUT2D eigenvalue weighted by molar-refractivity contribution is -0.150. The maximum absolute atomic E-state index is 12.8. The summed E-state index contributed by atoms with van der Waals surface area (Å²) in [6, 6.07) is 17.3. The molecule has 1 fully saturated rings. The molecule has 6 nitrogen and oxygen atoms in total. The van der Waals surface area contributed by atoms with Gasteiger partial charge in [-0.1, -0.05) is 85.1 Å². The van der Waals surface area contributed by atoms with Crippen LogP contribution in [0.1, 0.15) is 17.5 Å². The summed E-state index contributed by atoms with van der Waals surface area (Å²) in [5, 5.41) is 12.0. The van der Waals surface area contributed by atoms with E-state index >= 15 is 0 Å². The number of thioether (sulfide) groups is 1. The third-order valence-electron chi connectivity index (χ3n) is 5.25. The smallest absolute Gasteiger partial charge is 0.352 e. The van der Waals surface area contributed by atoms with Crippen LogP contribution < -0.4 is 5.32 Å². The van der Waals surface area contributed by atoms with Gasteiger partial charge in [-0.15, -0.1) is 11.8 Å². The van der Waals surface area contributed by atoms with Gasteiger partial charge in [-0.2, -0.15) is 0 Å². The van der Waals surface area contributed by atoms with E-state index < -0.39 is 29.2 Å². The average Bonchev–Trinajstić information content (AvgIpc) is 2.82. The number of carboxylic acids is 1. The minimum Gasteiger partial charge on any atom is -0.477 e. The fourth-order valence-electron chi connectivity index (χ4n) is 3.67. The third kappa shape index (κ3) is 4.23. The Labute approximate surface area is 199 Å². The molecular formula is C23H18N2O4S3. The Morgan fingerprint density at radius 1 is 1.03 bits per heavy atom. The van der Waals surface area contributed by atoms with Crippen LogP contribution in [0.25, 0.3) is 0 Å². The van der Waals surface area contributed by atoms with Gasteiger partial charge in [0.15, 0.2) is 0 Å². The monoisotopic (exact) mass is 482 g/mol. The SMILES string of the molecule is O=C(O)C1=C(CC(=S)c2ccccc2)CS[C@H]2C(NC(=O)C(=S)c3ccccc3)C(=O)N12. The van der Waals surface area contributed by atoms with Crippen molar-refractivity contribution >= 4 is 63.7 Å². The van der Waals surface area contributed by atoms with Gasteiger partial charge in [0.1, 0.15) is 22.0 Å². The molecule has 0 radical (unpaired) electrons. The van der Waals surface area contributed by atoms with Gasteiger partial charge >= 0.3 is 5.97 Å². The number of amides is 2. The first-order valence-corrected chi connectivity index (χ1v) is 11.6. The molecule has 2 aliphatic heterocycles. The quantitative estimate of drug-likeness (QED) is 0.356. The number of carbonyl (C=O) groups excluding carboxylic acids is 2. The summed E-state index contributed by atoms with van der Waals surface area (Å²) < 4.78 is 0. The summed E-state index contributed by atoms with van der Waals surface area (Å²) in [7, 11) is 0. The first-order chi connectivity index (χ1) is 15.4. The Hall–Kier alpha value is -2.88. The number of rotatable bonds is 7. The van der Waals surface area contributed by atoms with E-state index in [-0.39, 0.29) is 17.0 Å². The first-order valence-electron chi connectivity index (χ1n) is 9.77. The van der Waals surface area contributed by atoms with Crippen molar-refractivity contribution in [2.24, 2.45) is 0 Å². The summed E-state index contributed by atoms with van der Waals surface area (Å²) >= 11 is 12.1. The lowest BCUT2D eigenvalue weighted by Gasteiger charge is -2.49. The molecule has 1 unspecified atom stereocenters. The van der Waals surface area contributed by atoms with Crippen molar-refractivity contribution in [1.82, 2.24) is 10.2 Å². The molecule has 2 amide bonds. The Morgan fingerprint density at radius 2 is 1.62 bits per heavy atom. The predicted molar refractivity (Wildman–Crippen MR) is 131 cm³/mol. The zero-order valence-electron chi connectivity index (χ0n) is 16.7. The molecule has 2 N–H and O–H groups in total. The second-order valence-electron chi connectivity index (χ2n) is 7.28. The number of β-lactam (4-membered cyclic amide) rings is 1. The van der Waals surface area contributed by atoms with Crippen LogP contribution in [0, 0.1) is 0 Å². The maximum Gasteiger partial charge on any atom is 0.352 e. The second kappa shape index (κ2) is 9.32. The predicted octanol–water partition coefficient (Wildman–Crippen LogP) is 2.95. The maximum atomic E-state index is 12.8. The van der Waals surface area contributed by atoms with Gasteiger partial charge in [-0.3, -0.25) is 14.5 Å². The van der Waals surface area contributed by atoms with Crippen molar-refractivity contribution in [3.8, 4) is 0 Å². The van der Waals surface area contributed by atoms with E-state index in [1.807, 2.05) is 36.4 Å². The third-order valence-corrected chi connectivity index (χ3v) is 7.39. The second-order valence-corrected chi connectivity index (χ2v) is 9.29. The van der Waals surface area contributed by atoms with E-state index in [2.05, 4.69) is 5.32 Å². The number of thiocarbonyl (C=S) groups is 2. The Bertz CT molecular complexity index is 1150. The summed E-state index contributed by atoms with van der Waals surface area (Å²) in [6.07, 6.45) is 0.277. The molecule has 1 saturated heterocycles. The zero-order chi connectivity index (χ0) is 22.8. The summed E-state index contributed by atoms with van der Waals surface area (Å²) in [5.74, 6) is -1.77. The molecule has 0 bridgehead atoms. The lowest BCUT2D eigenvalue weighted by Crippen LogP contribution is -2.71. The van der Waals surface area contributed by atoms with E-state index in [1.54, 1.807) is 24.3 Å². The highest BCUT2D eigenvalue weighted by molar-refractivity contribution is 8.00. The number of carboxylic acid groups (broad SMARTS) is 1. The molecule has 32 heavy (non-hydrogen) atoms. The van der Waals surface area contributed by atoms with Crippen LogP contribution in [-0.2, 0) is 14.4 Å². The molecule has 0 aliphatic carbocycles. The molecule has 2 heterocycles. The van der Waals surface area contributed by atoms with Gasteiger partial charge in [0, 0.05) is 17.0 Å². The van der Waals surface area contributed by atoms with Crippen LogP contribution in [0.4, 0.5) is 0 Å². The lowest BCUT2D eigenvalue weighted by atomic mass is 9.98. The van der Waals surface area contributed by atoms with Crippen LogP contribution in [0.5, 0.6) is 0 Å². The van der Waals surface area contributed by atoms with Gasteiger partial charge in [0.2, 0.25) is 0 Å². The molecule has 2 aromatic rings. The highest BCUT2D eigenvalue weighted by Gasteiger charge is 2.54. The molecule has 4 rings (SSSR count). The van der Waals surface area contributed by atoms with Crippen LogP contribution in [0.15, 0.2) is 71.9 Å². The van der Waals surface area contributed by atoms with Crippen LogP contribution >= 0.6 is 36.2 Å². The van der Waals surface area contributed by atoms with Crippen molar-refractivity contribution in [1.29, 1.82) is 0 Å². The van der Waals surface area contributed by atoms with Crippen LogP contribution in [0.3, 0.4) is 0 Å². The summed E-state index contributed by atoms with van der Waals surface area (Å²) in [6.45, 7) is 0. The summed E-state index contributed by atoms with van der Waals surface area (Å²) in [5.41, 5.74) is 1.97. The fraction of sp³-hybridized carbons (Fsp3) is 0.174. The average molecular weight is 483 g/mol. The topological polar surface area (TPSA) is 86.7 Å². The minimum atomic E-state index is -1.18. The number of hydrogen-bond donors (Lipinski definition) is 2. The highest BCUT2D eigenvalue weighted by atomic mass is 32.2. The molecule has 2 atom stereocenters.